The van der Waals surface area contributed by atoms with Crippen LogP contribution in [0, 0.1) is 0 Å². The summed E-state index contributed by atoms with van der Waals surface area (Å²) in [5, 5.41) is 4.42. The summed E-state index contributed by atoms with van der Waals surface area (Å²) in [7, 11) is 1.26. The van der Waals surface area contributed by atoms with Crippen LogP contribution in [0.25, 0.3) is 10.8 Å². The van der Waals surface area contributed by atoms with Crippen molar-refractivity contribution in [2.24, 2.45) is 0 Å². The van der Waals surface area contributed by atoms with Gasteiger partial charge in [0.2, 0.25) is 0 Å². The number of amides is 1. The second kappa shape index (κ2) is 7.54. The zero-order valence-corrected chi connectivity index (χ0v) is 13.2. The van der Waals surface area contributed by atoms with Gasteiger partial charge in [-0.25, -0.2) is 4.79 Å². The molecule has 0 spiro atoms. The molecule has 1 atom stereocenters. The molecule has 0 radical (unpaired) electrons. The van der Waals surface area contributed by atoms with Crippen LogP contribution in [0.4, 0.5) is 0 Å². The lowest BCUT2D eigenvalue weighted by atomic mass is 10.0. The standard InChI is InChI=1S/C18H19NO4/c1-12(20)10-11-16(18(22)23-2)19-17(21)15-9-5-7-13-6-3-4-8-14(13)15/h3-9,16H,10-11H2,1-2H3,(H,19,21)/t16-/m0/s1. The number of hydrogen-bond donors (Lipinski definition) is 1. The fourth-order valence-corrected chi connectivity index (χ4v) is 2.40. The van der Waals surface area contributed by atoms with Gasteiger partial charge in [-0.05, 0) is 30.2 Å². The number of esters is 1. The van der Waals surface area contributed by atoms with Crippen LogP contribution in [0.3, 0.4) is 0 Å². The number of carbonyl (C=O) groups is 3. The molecule has 0 heterocycles. The van der Waals surface area contributed by atoms with Gasteiger partial charge in [0.25, 0.3) is 5.91 Å². The number of ether oxygens (including phenoxy) is 1. The highest BCUT2D eigenvalue weighted by Gasteiger charge is 2.23. The van der Waals surface area contributed by atoms with Gasteiger partial charge in [-0.2, -0.15) is 0 Å². The minimum atomic E-state index is -0.838. The van der Waals surface area contributed by atoms with Crippen LogP contribution in [0.2, 0.25) is 0 Å². The van der Waals surface area contributed by atoms with Crippen LogP contribution in [0.15, 0.2) is 42.5 Å². The Hall–Kier alpha value is -2.69. The van der Waals surface area contributed by atoms with E-state index in [0.717, 1.165) is 10.8 Å². The maximum Gasteiger partial charge on any atom is 0.328 e. The molecular weight excluding hydrogens is 294 g/mol. The van der Waals surface area contributed by atoms with Crippen LogP contribution >= 0.6 is 0 Å². The minimum Gasteiger partial charge on any atom is -0.467 e. The third-order valence-electron chi connectivity index (χ3n) is 3.61. The third-order valence-corrected chi connectivity index (χ3v) is 3.61. The van der Waals surface area contributed by atoms with Gasteiger partial charge in [0.1, 0.15) is 11.8 Å². The van der Waals surface area contributed by atoms with Crippen LogP contribution in [0.5, 0.6) is 0 Å². The van der Waals surface area contributed by atoms with Gasteiger partial charge >= 0.3 is 5.97 Å². The molecule has 0 unspecified atom stereocenters. The molecule has 120 valence electrons. The van der Waals surface area contributed by atoms with Crippen molar-refractivity contribution in [2.45, 2.75) is 25.8 Å². The fraction of sp³-hybridized carbons (Fsp3) is 0.278. The normalized spacial score (nSPS) is 11.7. The Kier molecular flexibility index (Phi) is 5.46. The number of benzene rings is 2. The first-order valence-corrected chi connectivity index (χ1v) is 7.39. The molecule has 0 aliphatic rings. The van der Waals surface area contributed by atoms with Crippen molar-refractivity contribution < 1.29 is 19.1 Å². The highest BCUT2D eigenvalue weighted by Crippen LogP contribution is 2.18. The van der Waals surface area contributed by atoms with E-state index in [1.165, 1.54) is 14.0 Å². The molecule has 0 aromatic heterocycles. The number of nitrogens with one attached hydrogen (secondary N) is 1. The molecule has 2 rings (SSSR count). The molecule has 5 heteroatoms. The van der Waals surface area contributed by atoms with E-state index in [9.17, 15) is 14.4 Å². The van der Waals surface area contributed by atoms with Crippen LogP contribution in [-0.2, 0) is 14.3 Å². The molecule has 1 amide bonds. The van der Waals surface area contributed by atoms with E-state index >= 15 is 0 Å². The predicted molar refractivity (Wildman–Crippen MR) is 87.1 cm³/mol. The average Bonchev–Trinajstić information content (AvgIpc) is 2.56. The lowest BCUT2D eigenvalue weighted by Gasteiger charge is -2.16. The first kappa shape index (κ1) is 16.7. The Morgan fingerprint density at radius 3 is 2.48 bits per heavy atom. The molecule has 23 heavy (non-hydrogen) atoms. The molecule has 0 aliphatic heterocycles. The van der Waals surface area contributed by atoms with Gasteiger partial charge in [0.05, 0.1) is 7.11 Å². The van der Waals surface area contributed by atoms with Crippen molar-refractivity contribution in [2.75, 3.05) is 7.11 Å². The molecule has 0 bridgehead atoms. The molecule has 0 saturated carbocycles. The summed E-state index contributed by atoms with van der Waals surface area (Å²) in [5.41, 5.74) is 0.486. The van der Waals surface area contributed by atoms with Gasteiger partial charge in [-0.15, -0.1) is 0 Å². The number of fused-ring (bicyclic) bond motifs is 1. The second-order valence-corrected chi connectivity index (χ2v) is 5.32. The van der Waals surface area contributed by atoms with Gasteiger partial charge in [-0.1, -0.05) is 36.4 Å². The van der Waals surface area contributed by atoms with E-state index in [1.807, 2.05) is 30.3 Å². The number of carbonyl (C=O) groups excluding carboxylic acids is 3. The summed E-state index contributed by atoms with van der Waals surface area (Å²) >= 11 is 0. The molecule has 0 fully saturated rings. The van der Waals surface area contributed by atoms with Gasteiger partial charge in [-0.3, -0.25) is 4.79 Å². The highest BCUT2D eigenvalue weighted by molar-refractivity contribution is 6.08. The van der Waals surface area contributed by atoms with Crippen molar-refractivity contribution in [1.82, 2.24) is 5.32 Å². The van der Waals surface area contributed by atoms with Gasteiger partial charge in [0, 0.05) is 12.0 Å². The number of methoxy groups -OCH3 is 1. The number of hydrogen-bond acceptors (Lipinski definition) is 4. The molecular formula is C18H19NO4. The molecule has 1 N–H and O–H groups in total. The predicted octanol–water partition coefficient (Wildman–Crippen LogP) is 2.48. The fourth-order valence-electron chi connectivity index (χ4n) is 2.40. The zero-order chi connectivity index (χ0) is 16.8. The van der Waals surface area contributed by atoms with E-state index in [2.05, 4.69) is 5.32 Å². The quantitative estimate of drug-likeness (QED) is 0.832. The first-order chi connectivity index (χ1) is 11.0. The van der Waals surface area contributed by atoms with E-state index in [4.69, 9.17) is 4.74 Å². The molecule has 0 saturated heterocycles. The Labute approximate surface area is 134 Å². The zero-order valence-electron chi connectivity index (χ0n) is 13.2. The lowest BCUT2D eigenvalue weighted by Crippen LogP contribution is -2.41. The van der Waals surface area contributed by atoms with E-state index in [0.29, 0.717) is 5.56 Å². The Morgan fingerprint density at radius 2 is 1.78 bits per heavy atom. The van der Waals surface area contributed by atoms with Crippen LogP contribution in [0.1, 0.15) is 30.1 Å². The summed E-state index contributed by atoms with van der Waals surface area (Å²) in [6, 6.07) is 12.1. The Bertz CT molecular complexity index is 733. The molecule has 2 aromatic carbocycles. The third kappa shape index (κ3) is 4.16. The Morgan fingerprint density at radius 1 is 1.09 bits per heavy atom. The van der Waals surface area contributed by atoms with Crippen LogP contribution < -0.4 is 5.32 Å². The summed E-state index contributed by atoms with van der Waals surface area (Å²) in [6.45, 7) is 1.45. The maximum atomic E-state index is 12.5. The number of ketones is 1. The number of rotatable bonds is 6. The van der Waals surface area contributed by atoms with Crippen molar-refractivity contribution >= 4 is 28.4 Å². The largest absolute Gasteiger partial charge is 0.467 e. The van der Waals surface area contributed by atoms with Crippen molar-refractivity contribution in [3.8, 4) is 0 Å². The average molecular weight is 313 g/mol. The smallest absolute Gasteiger partial charge is 0.328 e. The van der Waals surface area contributed by atoms with E-state index < -0.39 is 12.0 Å². The van der Waals surface area contributed by atoms with Gasteiger partial charge in [0.15, 0.2) is 0 Å². The second-order valence-electron chi connectivity index (χ2n) is 5.32. The molecule has 0 aliphatic carbocycles. The lowest BCUT2D eigenvalue weighted by molar-refractivity contribution is -0.143. The van der Waals surface area contributed by atoms with Crippen molar-refractivity contribution in [1.29, 1.82) is 0 Å². The summed E-state index contributed by atoms with van der Waals surface area (Å²) in [5.74, 6) is -0.959. The van der Waals surface area contributed by atoms with E-state index in [1.54, 1.807) is 12.1 Å². The summed E-state index contributed by atoms with van der Waals surface area (Å²) in [6.07, 6.45) is 0.425. The Balaban J connectivity index is 2.23. The molecule has 5 nitrogen and oxygen atoms in total. The van der Waals surface area contributed by atoms with Crippen molar-refractivity contribution in [3.63, 3.8) is 0 Å². The van der Waals surface area contributed by atoms with Gasteiger partial charge < -0.3 is 14.8 Å². The van der Waals surface area contributed by atoms with E-state index in [-0.39, 0.29) is 24.5 Å². The summed E-state index contributed by atoms with van der Waals surface area (Å²) < 4.78 is 4.70. The maximum absolute atomic E-state index is 12.5. The SMILES string of the molecule is COC(=O)[C@H](CCC(C)=O)NC(=O)c1cccc2ccccc12. The monoisotopic (exact) mass is 313 g/mol. The molecule has 2 aromatic rings. The van der Waals surface area contributed by atoms with Crippen molar-refractivity contribution in [3.05, 3.63) is 48.0 Å². The highest BCUT2D eigenvalue weighted by atomic mass is 16.5. The topological polar surface area (TPSA) is 72.5 Å². The minimum absolute atomic E-state index is 0.0432. The first-order valence-electron chi connectivity index (χ1n) is 7.39. The number of Topliss-reactive ketones (excluding diaryl/α,β-unsaturated/α-hetero) is 1. The van der Waals surface area contributed by atoms with Crippen LogP contribution in [-0.4, -0.2) is 30.8 Å². The summed E-state index contributed by atoms with van der Waals surface area (Å²) in [4.78, 5) is 35.5.